The van der Waals surface area contributed by atoms with E-state index in [4.69, 9.17) is 10.8 Å². The van der Waals surface area contributed by atoms with Crippen LogP contribution in [-0.2, 0) is 6.54 Å². The van der Waals surface area contributed by atoms with E-state index in [-0.39, 0.29) is 12.2 Å². The van der Waals surface area contributed by atoms with Gasteiger partial charge in [0, 0.05) is 36.6 Å². The Hall–Kier alpha value is -1.11. The molecule has 0 aliphatic heterocycles. The lowest BCUT2D eigenvalue weighted by molar-refractivity contribution is 0.1000. The molecule has 0 heterocycles. The van der Waals surface area contributed by atoms with Crippen LogP contribution in [-0.4, -0.2) is 35.7 Å². The van der Waals surface area contributed by atoms with Crippen molar-refractivity contribution in [2.24, 2.45) is 5.73 Å². The zero-order chi connectivity index (χ0) is 14.1. The van der Waals surface area contributed by atoms with Crippen LogP contribution in [0, 0.1) is 5.82 Å². The second-order valence-corrected chi connectivity index (χ2v) is 5.26. The standard InChI is InChI=1S/C13H19FN2O2S/c14-12-8-10(13(15)18)2-3-11(12)9-16-4-7-19-6-1-5-17/h2-3,8,16-17H,1,4-7,9H2,(H2,15,18). The minimum atomic E-state index is -0.626. The number of aliphatic hydroxyl groups is 1. The third-order valence-corrected chi connectivity index (χ3v) is 3.59. The van der Waals surface area contributed by atoms with Crippen LogP contribution in [0.25, 0.3) is 0 Å². The molecule has 0 spiro atoms. The van der Waals surface area contributed by atoms with Crippen LogP contribution in [0.1, 0.15) is 22.3 Å². The molecule has 0 aliphatic rings. The molecule has 0 saturated carbocycles. The lowest BCUT2D eigenvalue weighted by atomic mass is 10.1. The van der Waals surface area contributed by atoms with Gasteiger partial charge in [0.2, 0.25) is 5.91 Å². The van der Waals surface area contributed by atoms with Crippen molar-refractivity contribution in [2.45, 2.75) is 13.0 Å². The highest BCUT2D eigenvalue weighted by Gasteiger charge is 2.06. The molecule has 0 unspecified atom stereocenters. The number of benzene rings is 1. The van der Waals surface area contributed by atoms with Gasteiger partial charge in [-0.05, 0) is 24.3 Å². The molecule has 106 valence electrons. The van der Waals surface area contributed by atoms with Crippen LogP contribution in [0.4, 0.5) is 4.39 Å². The molecule has 0 fully saturated rings. The monoisotopic (exact) mass is 286 g/mol. The lowest BCUT2D eigenvalue weighted by Crippen LogP contribution is -2.18. The average molecular weight is 286 g/mol. The molecule has 0 atom stereocenters. The van der Waals surface area contributed by atoms with Gasteiger partial charge in [-0.3, -0.25) is 4.79 Å². The van der Waals surface area contributed by atoms with Crippen LogP contribution in [0.2, 0.25) is 0 Å². The number of hydrogen-bond donors (Lipinski definition) is 3. The van der Waals surface area contributed by atoms with Crippen LogP contribution in [0.3, 0.4) is 0 Å². The highest BCUT2D eigenvalue weighted by Crippen LogP contribution is 2.10. The largest absolute Gasteiger partial charge is 0.396 e. The van der Waals surface area contributed by atoms with E-state index in [9.17, 15) is 9.18 Å². The third-order valence-electron chi connectivity index (χ3n) is 2.52. The predicted octanol–water partition coefficient (Wildman–Crippen LogP) is 1.13. The highest BCUT2D eigenvalue weighted by atomic mass is 32.2. The Kier molecular flexibility index (Phi) is 7.47. The van der Waals surface area contributed by atoms with E-state index in [0.29, 0.717) is 12.1 Å². The molecule has 0 aliphatic carbocycles. The van der Waals surface area contributed by atoms with Crippen molar-refractivity contribution in [2.75, 3.05) is 24.7 Å². The van der Waals surface area contributed by atoms with E-state index in [1.807, 2.05) is 0 Å². The molecular formula is C13H19FN2O2S. The molecule has 6 heteroatoms. The van der Waals surface area contributed by atoms with Crippen LogP contribution >= 0.6 is 11.8 Å². The fraction of sp³-hybridized carbons (Fsp3) is 0.462. The number of carbonyl (C=O) groups excluding carboxylic acids is 1. The van der Waals surface area contributed by atoms with E-state index in [1.165, 1.54) is 6.07 Å². The molecular weight excluding hydrogens is 267 g/mol. The Morgan fingerprint density at radius 2 is 2.21 bits per heavy atom. The third kappa shape index (κ3) is 6.04. The molecule has 4 nitrogen and oxygen atoms in total. The lowest BCUT2D eigenvalue weighted by Gasteiger charge is -2.07. The number of hydrogen-bond acceptors (Lipinski definition) is 4. The first-order valence-corrected chi connectivity index (χ1v) is 7.28. The highest BCUT2D eigenvalue weighted by molar-refractivity contribution is 7.99. The number of aliphatic hydroxyl groups excluding tert-OH is 1. The van der Waals surface area contributed by atoms with Crippen molar-refractivity contribution >= 4 is 17.7 Å². The molecule has 1 aromatic carbocycles. The van der Waals surface area contributed by atoms with Crippen LogP contribution < -0.4 is 11.1 Å². The normalized spacial score (nSPS) is 10.6. The fourth-order valence-electron chi connectivity index (χ4n) is 1.48. The quantitative estimate of drug-likeness (QED) is 0.595. The second kappa shape index (κ2) is 8.90. The summed E-state index contributed by atoms with van der Waals surface area (Å²) in [6, 6.07) is 4.26. The van der Waals surface area contributed by atoms with Gasteiger partial charge in [-0.15, -0.1) is 0 Å². The fourth-order valence-corrected chi connectivity index (χ4v) is 2.31. The molecule has 1 amide bonds. The van der Waals surface area contributed by atoms with Gasteiger partial charge in [0.15, 0.2) is 0 Å². The van der Waals surface area contributed by atoms with Gasteiger partial charge in [-0.1, -0.05) is 6.07 Å². The Morgan fingerprint density at radius 3 is 2.84 bits per heavy atom. The van der Waals surface area contributed by atoms with Gasteiger partial charge >= 0.3 is 0 Å². The first-order valence-electron chi connectivity index (χ1n) is 6.12. The van der Waals surface area contributed by atoms with E-state index < -0.39 is 11.7 Å². The summed E-state index contributed by atoms with van der Waals surface area (Å²) >= 11 is 1.75. The first-order chi connectivity index (χ1) is 9.15. The summed E-state index contributed by atoms with van der Waals surface area (Å²) in [5.41, 5.74) is 5.77. The predicted molar refractivity (Wildman–Crippen MR) is 75.7 cm³/mol. The zero-order valence-electron chi connectivity index (χ0n) is 10.7. The number of primary amides is 1. The van der Waals surface area contributed by atoms with Crippen molar-refractivity contribution in [3.05, 3.63) is 35.1 Å². The van der Waals surface area contributed by atoms with Gasteiger partial charge < -0.3 is 16.2 Å². The van der Waals surface area contributed by atoms with Crippen LogP contribution in [0.15, 0.2) is 18.2 Å². The van der Waals surface area contributed by atoms with Crippen molar-refractivity contribution in [1.82, 2.24) is 5.32 Å². The second-order valence-electron chi connectivity index (χ2n) is 4.04. The number of carbonyl (C=O) groups is 1. The zero-order valence-corrected chi connectivity index (χ0v) is 11.5. The number of halogens is 1. The van der Waals surface area contributed by atoms with Gasteiger partial charge in [-0.2, -0.15) is 11.8 Å². The molecule has 0 saturated heterocycles. The molecule has 0 radical (unpaired) electrons. The summed E-state index contributed by atoms with van der Waals surface area (Å²) < 4.78 is 13.6. The van der Waals surface area contributed by atoms with Gasteiger partial charge in [0.25, 0.3) is 0 Å². The Morgan fingerprint density at radius 1 is 1.42 bits per heavy atom. The van der Waals surface area contributed by atoms with Crippen LogP contribution in [0.5, 0.6) is 0 Å². The molecule has 4 N–H and O–H groups in total. The summed E-state index contributed by atoms with van der Waals surface area (Å²) in [5, 5.41) is 11.7. The number of nitrogens with two attached hydrogens (primary N) is 1. The maximum absolute atomic E-state index is 13.6. The SMILES string of the molecule is NC(=O)c1ccc(CNCCSCCCO)c(F)c1. The average Bonchev–Trinajstić information content (AvgIpc) is 2.39. The number of thioether (sulfide) groups is 1. The summed E-state index contributed by atoms with van der Waals surface area (Å²) in [4.78, 5) is 10.9. The molecule has 0 bridgehead atoms. The Balaban J connectivity index is 2.28. The minimum Gasteiger partial charge on any atom is -0.396 e. The molecule has 1 rings (SSSR count). The molecule has 0 aromatic heterocycles. The number of amides is 1. The van der Waals surface area contributed by atoms with E-state index >= 15 is 0 Å². The van der Waals surface area contributed by atoms with E-state index in [1.54, 1.807) is 17.8 Å². The Bertz CT molecular complexity index is 416. The maximum Gasteiger partial charge on any atom is 0.248 e. The minimum absolute atomic E-state index is 0.181. The number of rotatable bonds is 9. The molecule has 1 aromatic rings. The molecule has 19 heavy (non-hydrogen) atoms. The maximum atomic E-state index is 13.6. The smallest absolute Gasteiger partial charge is 0.248 e. The first kappa shape index (κ1) is 15.9. The summed E-state index contributed by atoms with van der Waals surface area (Å²) in [6.07, 6.45) is 0.799. The van der Waals surface area contributed by atoms with Crippen molar-refractivity contribution < 1.29 is 14.3 Å². The van der Waals surface area contributed by atoms with E-state index in [2.05, 4.69) is 5.32 Å². The summed E-state index contributed by atoms with van der Waals surface area (Å²) in [5.74, 6) is 0.802. The van der Waals surface area contributed by atoms with Crippen molar-refractivity contribution in [3.63, 3.8) is 0 Å². The number of nitrogens with one attached hydrogen (secondary N) is 1. The van der Waals surface area contributed by atoms with Crippen molar-refractivity contribution in [1.29, 1.82) is 0 Å². The Labute approximate surface area is 116 Å². The summed E-state index contributed by atoms with van der Waals surface area (Å²) in [7, 11) is 0. The van der Waals surface area contributed by atoms with Gasteiger partial charge in [0.05, 0.1) is 0 Å². The van der Waals surface area contributed by atoms with E-state index in [0.717, 1.165) is 30.5 Å². The van der Waals surface area contributed by atoms with Gasteiger partial charge in [0.1, 0.15) is 5.82 Å². The topological polar surface area (TPSA) is 75.4 Å². The van der Waals surface area contributed by atoms with Crippen molar-refractivity contribution in [3.8, 4) is 0 Å². The van der Waals surface area contributed by atoms with Gasteiger partial charge in [-0.25, -0.2) is 4.39 Å². The summed E-state index contributed by atoms with van der Waals surface area (Å²) in [6.45, 7) is 1.41.